The van der Waals surface area contributed by atoms with Crippen molar-refractivity contribution in [1.29, 1.82) is 0 Å². The van der Waals surface area contributed by atoms with Crippen LogP contribution in [0.3, 0.4) is 0 Å². The Balaban J connectivity index is 2.85. The van der Waals surface area contributed by atoms with Crippen molar-refractivity contribution in [3.05, 3.63) is 0 Å². The minimum absolute atomic E-state index is 0.275. The van der Waals surface area contributed by atoms with E-state index in [1.54, 1.807) is 20.8 Å². The van der Waals surface area contributed by atoms with Gasteiger partial charge in [0.25, 0.3) is 0 Å². The largest absolute Gasteiger partial charge is 0.468 e. The quantitative estimate of drug-likeness (QED) is 0.549. The molecule has 0 bridgehead atoms. The highest BCUT2D eigenvalue weighted by molar-refractivity contribution is 7.54. The molecular formula is C11H20NO5P. The second-order valence-electron chi connectivity index (χ2n) is 4.25. The Labute approximate surface area is 107 Å². The summed E-state index contributed by atoms with van der Waals surface area (Å²) in [5.41, 5.74) is -0.858. The van der Waals surface area contributed by atoms with Crippen molar-refractivity contribution in [2.24, 2.45) is 10.4 Å². The molecule has 104 valence electrons. The van der Waals surface area contributed by atoms with Crippen LogP contribution in [0.2, 0.25) is 0 Å². The number of ether oxygens (including phenoxy) is 1. The van der Waals surface area contributed by atoms with Crippen LogP contribution in [0.1, 0.15) is 27.2 Å². The van der Waals surface area contributed by atoms with Gasteiger partial charge in [0.15, 0.2) is 5.78 Å². The molecule has 0 aromatic heterocycles. The first-order valence-electron chi connectivity index (χ1n) is 5.93. The van der Waals surface area contributed by atoms with Crippen molar-refractivity contribution in [3.63, 3.8) is 0 Å². The van der Waals surface area contributed by atoms with Crippen LogP contribution in [0.5, 0.6) is 0 Å². The third-order valence-electron chi connectivity index (χ3n) is 2.77. The summed E-state index contributed by atoms with van der Waals surface area (Å²) in [6.07, 6.45) is 1.76. The molecule has 6 nitrogen and oxygen atoms in total. The Kier molecular flexibility index (Phi) is 5.08. The van der Waals surface area contributed by atoms with E-state index in [1.807, 2.05) is 0 Å². The molecule has 0 aliphatic carbocycles. The molecule has 0 saturated heterocycles. The van der Waals surface area contributed by atoms with E-state index in [0.29, 0.717) is 0 Å². The van der Waals surface area contributed by atoms with Gasteiger partial charge >= 0.3 is 13.6 Å². The normalized spacial score (nSPS) is 27.4. The first-order chi connectivity index (χ1) is 8.41. The van der Waals surface area contributed by atoms with Crippen molar-refractivity contribution < 1.29 is 23.1 Å². The summed E-state index contributed by atoms with van der Waals surface area (Å²) in [5.74, 6) is -1.03. The third kappa shape index (κ3) is 2.99. The number of hydrogen-bond donors (Lipinski definition) is 0. The van der Waals surface area contributed by atoms with Gasteiger partial charge in [-0.15, -0.1) is 0 Å². The van der Waals surface area contributed by atoms with Crippen LogP contribution in [0.15, 0.2) is 4.99 Å². The maximum Gasteiger partial charge on any atom is 0.354 e. The summed E-state index contributed by atoms with van der Waals surface area (Å²) in [4.78, 5) is 15.8. The Hall–Kier alpha value is -0.710. The molecule has 1 rings (SSSR count). The van der Waals surface area contributed by atoms with E-state index < -0.39 is 24.8 Å². The van der Waals surface area contributed by atoms with E-state index in [2.05, 4.69) is 4.99 Å². The number of carbonyl (C=O) groups excluding carboxylic acids is 1. The SMILES string of the molecule is CCOP(=O)(OCC)C1CC(C)(C(=O)OC)C=N1. The molecule has 0 amide bonds. The second kappa shape index (κ2) is 5.95. The number of esters is 1. The second-order valence-corrected chi connectivity index (χ2v) is 6.44. The van der Waals surface area contributed by atoms with Gasteiger partial charge in [-0.1, -0.05) is 0 Å². The van der Waals surface area contributed by atoms with Gasteiger partial charge in [-0.05, 0) is 20.8 Å². The minimum Gasteiger partial charge on any atom is -0.468 e. The molecule has 1 aliphatic rings. The summed E-state index contributed by atoms with van der Waals surface area (Å²) in [6.45, 7) is 5.73. The van der Waals surface area contributed by atoms with Gasteiger partial charge in [0, 0.05) is 12.6 Å². The number of hydrogen-bond acceptors (Lipinski definition) is 6. The van der Waals surface area contributed by atoms with E-state index in [-0.39, 0.29) is 19.6 Å². The van der Waals surface area contributed by atoms with Crippen molar-refractivity contribution in [3.8, 4) is 0 Å². The van der Waals surface area contributed by atoms with Crippen LogP contribution in [-0.2, 0) is 23.1 Å². The van der Waals surface area contributed by atoms with Crippen molar-refractivity contribution in [2.75, 3.05) is 20.3 Å². The smallest absolute Gasteiger partial charge is 0.354 e. The van der Waals surface area contributed by atoms with Crippen LogP contribution in [-0.4, -0.2) is 38.3 Å². The Morgan fingerprint density at radius 1 is 1.44 bits per heavy atom. The number of carbonyl (C=O) groups is 1. The molecule has 2 atom stereocenters. The predicted molar refractivity (Wildman–Crippen MR) is 67.9 cm³/mol. The van der Waals surface area contributed by atoms with Crippen molar-refractivity contribution in [1.82, 2.24) is 0 Å². The molecule has 2 unspecified atom stereocenters. The van der Waals surface area contributed by atoms with Gasteiger partial charge in [-0.2, -0.15) is 0 Å². The molecule has 0 saturated carbocycles. The fourth-order valence-electron chi connectivity index (χ4n) is 1.87. The Morgan fingerprint density at radius 3 is 2.44 bits per heavy atom. The van der Waals surface area contributed by atoms with E-state index in [4.69, 9.17) is 13.8 Å². The summed E-state index contributed by atoms with van der Waals surface area (Å²) in [7, 11) is -1.98. The standard InChI is InChI=1S/C11H20NO5P/c1-5-16-18(14,17-6-2)9-7-11(3,8-12-9)10(13)15-4/h8-9H,5-7H2,1-4H3. The Morgan fingerprint density at radius 2 is 2.00 bits per heavy atom. The topological polar surface area (TPSA) is 74.2 Å². The van der Waals surface area contributed by atoms with Gasteiger partial charge in [-0.3, -0.25) is 14.4 Å². The first-order valence-corrected chi connectivity index (χ1v) is 7.54. The molecular weight excluding hydrogens is 257 g/mol. The molecule has 0 radical (unpaired) electrons. The molecule has 0 N–H and O–H groups in total. The molecule has 7 heteroatoms. The van der Waals surface area contributed by atoms with Gasteiger partial charge < -0.3 is 13.8 Å². The Bertz CT molecular complexity index is 374. The lowest BCUT2D eigenvalue weighted by Gasteiger charge is -2.23. The average Bonchev–Trinajstić information content (AvgIpc) is 2.73. The predicted octanol–water partition coefficient (Wildman–Crippen LogP) is 2.23. The van der Waals surface area contributed by atoms with Crippen LogP contribution in [0.4, 0.5) is 0 Å². The lowest BCUT2D eigenvalue weighted by molar-refractivity contribution is -0.147. The van der Waals surface area contributed by atoms with E-state index in [0.717, 1.165) is 0 Å². The molecule has 1 aliphatic heterocycles. The highest BCUT2D eigenvalue weighted by Gasteiger charge is 2.47. The van der Waals surface area contributed by atoms with Gasteiger partial charge in [0.05, 0.1) is 20.3 Å². The van der Waals surface area contributed by atoms with Crippen LogP contribution in [0.25, 0.3) is 0 Å². The van der Waals surface area contributed by atoms with E-state index >= 15 is 0 Å². The average molecular weight is 277 g/mol. The summed E-state index contributed by atoms with van der Waals surface area (Å²) >= 11 is 0. The van der Waals surface area contributed by atoms with Gasteiger partial charge in [0.1, 0.15) is 5.41 Å². The monoisotopic (exact) mass is 277 g/mol. The minimum atomic E-state index is -3.30. The van der Waals surface area contributed by atoms with Crippen LogP contribution >= 0.6 is 7.60 Å². The number of aliphatic imine (C=N–C) groups is 1. The number of nitrogens with zero attached hydrogens (tertiary/aromatic N) is 1. The first kappa shape index (κ1) is 15.3. The third-order valence-corrected chi connectivity index (χ3v) is 5.06. The van der Waals surface area contributed by atoms with Crippen molar-refractivity contribution >= 4 is 19.8 Å². The number of rotatable bonds is 6. The maximum atomic E-state index is 12.5. The summed E-state index contributed by atoms with van der Waals surface area (Å²) < 4.78 is 27.7. The highest BCUT2D eigenvalue weighted by Crippen LogP contribution is 2.58. The van der Waals surface area contributed by atoms with E-state index in [9.17, 15) is 9.36 Å². The summed E-state index contributed by atoms with van der Waals surface area (Å²) in [5, 5.41) is 0. The van der Waals surface area contributed by atoms with Crippen LogP contribution < -0.4 is 0 Å². The molecule has 0 aromatic rings. The van der Waals surface area contributed by atoms with Gasteiger partial charge in [0.2, 0.25) is 0 Å². The zero-order chi connectivity index (χ0) is 13.8. The lowest BCUT2D eigenvalue weighted by Crippen LogP contribution is -2.29. The molecule has 0 fully saturated rings. The maximum absolute atomic E-state index is 12.5. The molecule has 18 heavy (non-hydrogen) atoms. The van der Waals surface area contributed by atoms with Crippen LogP contribution in [0, 0.1) is 5.41 Å². The molecule has 0 spiro atoms. The van der Waals surface area contributed by atoms with Gasteiger partial charge in [-0.25, -0.2) is 0 Å². The van der Waals surface area contributed by atoms with E-state index in [1.165, 1.54) is 13.3 Å². The fourth-order valence-corrected chi connectivity index (χ4v) is 3.84. The van der Waals surface area contributed by atoms with Crippen molar-refractivity contribution in [2.45, 2.75) is 33.0 Å². The fraction of sp³-hybridized carbons (Fsp3) is 0.818. The summed E-state index contributed by atoms with van der Waals surface area (Å²) in [6, 6.07) is 0. The molecule has 1 heterocycles. The highest BCUT2D eigenvalue weighted by atomic mass is 31.2. The lowest BCUT2D eigenvalue weighted by atomic mass is 9.90. The number of methoxy groups -OCH3 is 1. The molecule has 0 aromatic carbocycles. The zero-order valence-corrected chi connectivity index (χ0v) is 12.1. The zero-order valence-electron chi connectivity index (χ0n) is 11.2.